The first-order chi connectivity index (χ1) is 17.4. The second kappa shape index (κ2) is 8.87. The van der Waals surface area contributed by atoms with Crippen molar-refractivity contribution >= 4 is 22.7 Å². The van der Waals surface area contributed by atoms with Crippen molar-refractivity contribution in [3.05, 3.63) is 75.1 Å². The number of carbonyl (C=O) groups is 1. The molecule has 0 aromatic heterocycles. The molecule has 2 aromatic rings. The number of carbonyl (C=O) groups excluding carboxylic acids is 1. The highest BCUT2D eigenvalue weighted by atomic mass is 16.5. The van der Waals surface area contributed by atoms with Gasteiger partial charge in [0.2, 0.25) is 0 Å². The molecule has 36 heavy (non-hydrogen) atoms. The molecule has 0 radical (unpaired) electrons. The molecular formula is C31H35N3O2. The van der Waals surface area contributed by atoms with Crippen LogP contribution in [0.5, 0.6) is 0 Å². The number of Topliss-reactive ketones (excluding diaryl/α,β-unsaturated/α-hetero) is 1. The standard InChI is InChI=1S/C31H35N3O2/c1-5-20-17-25-26(19-28(20)34-10-8-23(9-11-34)33-12-14-36-15-13-33)31(2,3)27-18-21-16-22(32-4)6-7-24(21)29(27)30(25)35/h6-7,16-17,19,23H,5,8-15,18H2,1-3H3. The van der Waals surface area contributed by atoms with E-state index in [4.69, 9.17) is 11.3 Å². The van der Waals surface area contributed by atoms with Gasteiger partial charge >= 0.3 is 0 Å². The van der Waals surface area contributed by atoms with Crippen LogP contribution in [-0.2, 0) is 23.0 Å². The number of morpholine rings is 1. The van der Waals surface area contributed by atoms with E-state index in [1.165, 1.54) is 29.7 Å². The number of nitrogens with zero attached hydrogens (tertiary/aromatic N) is 3. The Bertz CT molecular complexity index is 1300. The molecule has 4 aliphatic rings. The van der Waals surface area contributed by atoms with Crippen molar-refractivity contribution in [1.29, 1.82) is 0 Å². The molecule has 0 atom stereocenters. The SMILES string of the molecule is [C-]#[N+]c1ccc2c(c1)CC1=C2C(=O)c2cc(CC)c(N3CCC(N4CCOCC4)CC3)cc2C1(C)C. The number of hydrogen-bond acceptors (Lipinski definition) is 4. The largest absolute Gasteiger partial charge is 0.379 e. The lowest BCUT2D eigenvalue weighted by molar-refractivity contribution is 0.0115. The molecule has 0 unspecified atom stereocenters. The number of fused-ring (bicyclic) bond motifs is 3. The van der Waals surface area contributed by atoms with Crippen molar-refractivity contribution in [1.82, 2.24) is 4.90 Å². The fourth-order valence-corrected chi connectivity index (χ4v) is 6.90. The zero-order chi connectivity index (χ0) is 25.0. The van der Waals surface area contributed by atoms with E-state index in [1.807, 2.05) is 18.2 Å². The van der Waals surface area contributed by atoms with Crippen molar-refractivity contribution in [2.45, 2.75) is 57.9 Å². The number of ketones is 1. The molecule has 6 rings (SSSR count). The predicted octanol–water partition coefficient (Wildman–Crippen LogP) is 5.58. The molecule has 2 heterocycles. The zero-order valence-electron chi connectivity index (χ0n) is 21.7. The molecular weight excluding hydrogens is 446 g/mol. The van der Waals surface area contributed by atoms with E-state index >= 15 is 0 Å². The van der Waals surface area contributed by atoms with Gasteiger partial charge in [0, 0.05) is 54.5 Å². The van der Waals surface area contributed by atoms with E-state index in [0.717, 1.165) is 80.1 Å². The molecule has 2 saturated heterocycles. The molecule has 0 spiro atoms. The number of benzene rings is 2. The average molecular weight is 482 g/mol. The van der Waals surface area contributed by atoms with Crippen LogP contribution < -0.4 is 4.90 Å². The van der Waals surface area contributed by atoms with E-state index in [2.05, 4.69) is 47.5 Å². The highest BCUT2D eigenvalue weighted by Gasteiger charge is 2.43. The van der Waals surface area contributed by atoms with E-state index in [-0.39, 0.29) is 11.2 Å². The van der Waals surface area contributed by atoms with E-state index in [9.17, 15) is 4.79 Å². The van der Waals surface area contributed by atoms with Crippen molar-refractivity contribution in [3.8, 4) is 0 Å². The topological polar surface area (TPSA) is 37.1 Å². The van der Waals surface area contributed by atoms with Gasteiger partial charge in [0.25, 0.3) is 0 Å². The quantitative estimate of drug-likeness (QED) is 0.536. The summed E-state index contributed by atoms with van der Waals surface area (Å²) in [5.74, 6) is 0.154. The Morgan fingerprint density at radius 1 is 1.06 bits per heavy atom. The van der Waals surface area contributed by atoms with Crippen molar-refractivity contribution < 1.29 is 9.53 Å². The Morgan fingerprint density at radius 2 is 1.81 bits per heavy atom. The lowest BCUT2D eigenvalue weighted by Gasteiger charge is -2.42. The first-order valence-electron chi connectivity index (χ1n) is 13.5. The van der Waals surface area contributed by atoms with Gasteiger partial charge in [-0.15, -0.1) is 0 Å². The average Bonchev–Trinajstić information content (AvgIpc) is 3.32. The van der Waals surface area contributed by atoms with Gasteiger partial charge in [0.1, 0.15) is 0 Å². The molecule has 186 valence electrons. The fourth-order valence-electron chi connectivity index (χ4n) is 6.90. The molecule has 2 aromatic carbocycles. The van der Waals surface area contributed by atoms with Crippen LogP contribution in [0, 0.1) is 6.57 Å². The minimum Gasteiger partial charge on any atom is -0.379 e. The van der Waals surface area contributed by atoms with Crippen molar-refractivity contribution in [3.63, 3.8) is 0 Å². The highest BCUT2D eigenvalue weighted by molar-refractivity contribution is 6.33. The highest BCUT2D eigenvalue weighted by Crippen LogP contribution is 2.51. The van der Waals surface area contributed by atoms with E-state index in [1.54, 1.807) is 0 Å². The maximum atomic E-state index is 13.9. The van der Waals surface area contributed by atoms with Crippen LogP contribution in [0.1, 0.15) is 66.2 Å². The number of ether oxygens (including phenoxy) is 1. The molecule has 2 aliphatic heterocycles. The third-order valence-electron chi connectivity index (χ3n) is 9.02. The zero-order valence-corrected chi connectivity index (χ0v) is 21.7. The summed E-state index contributed by atoms with van der Waals surface area (Å²) in [6.07, 6.45) is 4.02. The lowest BCUT2D eigenvalue weighted by Crippen LogP contribution is -2.49. The molecule has 2 fully saturated rings. The summed E-state index contributed by atoms with van der Waals surface area (Å²) in [7, 11) is 0. The second-order valence-corrected chi connectivity index (χ2v) is 11.2. The van der Waals surface area contributed by atoms with Crippen LogP contribution in [0.3, 0.4) is 0 Å². The summed E-state index contributed by atoms with van der Waals surface area (Å²) in [6, 6.07) is 11.0. The van der Waals surface area contributed by atoms with Crippen LogP contribution in [0.25, 0.3) is 10.4 Å². The van der Waals surface area contributed by atoms with Gasteiger partial charge in [-0.2, -0.15) is 0 Å². The van der Waals surface area contributed by atoms with Crippen LogP contribution >= 0.6 is 0 Å². The molecule has 0 amide bonds. The van der Waals surface area contributed by atoms with Crippen LogP contribution in [0.2, 0.25) is 0 Å². The Hall–Kier alpha value is -2.94. The number of piperidine rings is 1. The van der Waals surface area contributed by atoms with E-state index < -0.39 is 0 Å². The van der Waals surface area contributed by atoms with Crippen LogP contribution in [0.4, 0.5) is 11.4 Å². The summed E-state index contributed by atoms with van der Waals surface area (Å²) < 4.78 is 5.56. The third-order valence-corrected chi connectivity index (χ3v) is 9.02. The maximum absolute atomic E-state index is 13.9. The normalized spacial score (nSPS) is 21.7. The van der Waals surface area contributed by atoms with Gasteiger partial charge in [-0.3, -0.25) is 9.69 Å². The summed E-state index contributed by atoms with van der Waals surface area (Å²) in [5, 5.41) is 0. The smallest absolute Gasteiger partial charge is 0.193 e. The molecule has 5 heteroatoms. The van der Waals surface area contributed by atoms with Gasteiger partial charge in [-0.25, -0.2) is 4.85 Å². The Labute approximate surface area is 214 Å². The number of allylic oxidation sites excluding steroid dienone is 2. The number of anilines is 1. The summed E-state index contributed by atoms with van der Waals surface area (Å²) in [4.78, 5) is 22.7. The molecule has 5 nitrogen and oxygen atoms in total. The first-order valence-corrected chi connectivity index (χ1v) is 13.5. The number of rotatable bonds is 3. The third kappa shape index (κ3) is 3.62. The molecule has 0 bridgehead atoms. The van der Waals surface area contributed by atoms with Gasteiger partial charge in [0.15, 0.2) is 11.5 Å². The number of aryl methyl sites for hydroxylation is 1. The van der Waals surface area contributed by atoms with Crippen LogP contribution in [-0.4, -0.2) is 56.1 Å². The van der Waals surface area contributed by atoms with Gasteiger partial charge < -0.3 is 9.64 Å². The Kier molecular flexibility index (Phi) is 5.78. The second-order valence-electron chi connectivity index (χ2n) is 11.2. The molecule has 2 aliphatic carbocycles. The van der Waals surface area contributed by atoms with Gasteiger partial charge in [-0.1, -0.05) is 39.0 Å². The Morgan fingerprint density at radius 3 is 2.50 bits per heavy atom. The lowest BCUT2D eigenvalue weighted by atomic mass is 9.68. The monoisotopic (exact) mass is 481 g/mol. The summed E-state index contributed by atoms with van der Waals surface area (Å²) >= 11 is 0. The minimum absolute atomic E-state index is 0.154. The van der Waals surface area contributed by atoms with Crippen LogP contribution in [0.15, 0.2) is 35.9 Å². The number of hydrogen-bond donors (Lipinski definition) is 0. The summed E-state index contributed by atoms with van der Waals surface area (Å²) in [6.45, 7) is 20.1. The summed E-state index contributed by atoms with van der Waals surface area (Å²) in [5.41, 5.74) is 9.24. The first kappa shape index (κ1) is 23.5. The Balaban J connectivity index is 1.33. The predicted molar refractivity (Wildman–Crippen MR) is 144 cm³/mol. The minimum atomic E-state index is -0.233. The van der Waals surface area contributed by atoms with Crippen molar-refractivity contribution in [2.75, 3.05) is 44.3 Å². The van der Waals surface area contributed by atoms with Gasteiger partial charge in [-0.05, 0) is 65.6 Å². The van der Waals surface area contributed by atoms with Crippen molar-refractivity contribution in [2.24, 2.45) is 0 Å². The maximum Gasteiger partial charge on any atom is 0.193 e. The fraction of sp³-hybridized carbons (Fsp3) is 0.484. The van der Waals surface area contributed by atoms with E-state index in [0.29, 0.717) is 11.7 Å². The molecule has 0 N–H and O–H groups in total. The molecule has 0 saturated carbocycles. The van der Waals surface area contributed by atoms with Gasteiger partial charge in [0.05, 0.1) is 19.8 Å².